The second kappa shape index (κ2) is 6.19. The predicted octanol–water partition coefficient (Wildman–Crippen LogP) is 3.94. The van der Waals surface area contributed by atoms with E-state index >= 15 is 0 Å². The number of hydrogen-bond acceptors (Lipinski definition) is 4. The van der Waals surface area contributed by atoms with E-state index in [1.165, 1.54) is 11.3 Å². The molecule has 1 N–H and O–H groups in total. The fourth-order valence-electron chi connectivity index (χ4n) is 1.71. The normalized spacial score (nSPS) is 12.0. The van der Waals surface area contributed by atoms with Gasteiger partial charge in [-0.2, -0.15) is 0 Å². The van der Waals surface area contributed by atoms with E-state index in [2.05, 4.69) is 5.32 Å². The molecule has 0 saturated heterocycles. The molecule has 5 nitrogen and oxygen atoms in total. The van der Waals surface area contributed by atoms with Gasteiger partial charge in [-0.25, -0.2) is 4.39 Å². The average molecular weight is 329 g/mol. The van der Waals surface area contributed by atoms with Gasteiger partial charge in [0.2, 0.25) is 0 Å². The number of nitro benzene ring substituents is 1. The number of nitrogens with one attached hydrogen (secondary N) is 1. The molecule has 8 heteroatoms. The van der Waals surface area contributed by atoms with Crippen LogP contribution in [0.3, 0.4) is 0 Å². The van der Waals surface area contributed by atoms with Gasteiger partial charge in [0.1, 0.15) is 5.82 Å². The zero-order valence-corrected chi connectivity index (χ0v) is 12.4. The molecule has 1 unspecified atom stereocenters. The number of carbonyl (C=O) groups excluding carboxylic acids is 1. The van der Waals surface area contributed by atoms with Crippen molar-refractivity contribution >= 4 is 34.5 Å². The summed E-state index contributed by atoms with van der Waals surface area (Å²) in [5.41, 5.74) is -0.702. The minimum absolute atomic E-state index is 0.339. The van der Waals surface area contributed by atoms with Gasteiger partial charge in [-0.1, -0.05) is 11.6 Å². The number of non-ortho nitro benzene ring substituents is 1. The number of nitrogens with zero attached hydrogens (tertiary/aromatic N) is 1. The zero-order chi connectivity index (χ0) is 15.6. The van der Waals surface area contributed by atoms with Crippen LogP contribution in [0.1, 0.15) is 28.2 Å². The molecule has 0 aliphatic heterocycles. The van der Waals surface area contributed by atoms with Crippen molar-refractivity contribution in [2.45, 2.75) is 13.0 Å². The van der Waals surface area contributed by atoms with Crippen LogP contribution in [0.4, 0.5) is 10.1 Å². The molecule has 1 atom stereocenters. The number of carbonyl (C=O) groups is 1. The molecule has 21 heavy (non-hydrogen) atoms. The Morgan fingerprint density at radius 3 is 2.71 bits per heavy atom. The number of hydrogen-bond donors (Lipinski definition) is 1. The summed E-state index contributed by atoms with van der Waals surface area (Å²) in [7, 11) is 0. The third-order valence-corrected chi connectivity index (χ3v) is 4.19. The van der Waals surface area contributed by atoms with E-state index in [0.717, 1.165) is 23.1 Å². The molecule has 1 amide bonds. The van der Waals surface area contributed by atoms with E-state index < -0.39 is 16.6 Å². The number of benzene rings is 1. The lowest BCUT2D eigenvalue weighted by Gasteiger charge is -2.12. The number of rotatable bonds is 4. The smallest absolute Gasteiger partial charge is 0.270 e. The summed E-state index contributed by atoms with van der Waals surface area (Å²) in [6.07, 6.45) is 0. The first kappa shape index (κ1) is 15.4. The molecular formula is C13H10ClFN2O3S. The van der Waals surface area contributed by atoms with Gasteiger partial charge in [-0.05, 0) is 25.1 Å². The molecule has 0 saturated carbocycles. The highest BCUT2D eigenvalue weighted by molar-refractivity contribution is 7.16. The van der Waals surface area contributed by atoms with Crippen LogP contribution in [-0.4, -0.2) is 10.8 Å². The van der Waals surface area contributed by atoms with Crippen LogP contribution in [0.5, 0.6) is 0 Å². The first-order chi connectivity index (χ1) is 9.88. The van der Waals surface area contributed by atoms with Crippen molar-refractivity contribution in [3.05, 3.63) is 61.0 Å². The predicted molar refractivity (Wildman–Crippen MR) is 78.3 cm³/mol. The first-order valence-electron chi connectivity index (χ1n) is 5.88. The number of thiophene rings is 1. The van der Waals surface area contributed by atoms with Gasteiger partial charge in [0.25, 0.3) is 11.6 Å². The number of amides is 1. The van der Waals surface area contributed by atoms with Gasteiger partial charge < -0.3 is 5.32 Å². The van der Waals surface area contributed by atoms with Crippen molar-refractivity contribution in [2.75, 3.05) is 0 Å². The molecule has 0 fully saturated rings. The Bertz CT molecular complexity index is 704. The van der Waals surface area contributed by atoms with Gasteiger partial charge in [0, 0.05) is 17.0 Å². The van der Waals surface area contributed by atoms with Crippen molar-refractivity contribution < 1.29 is 14.1 Å². The van der Waals surface area contributed by atoms with Crippen molar-refractivity contribution in [3.63, 3.8) is 0 Å². The summed E-state index contributed by atoms with van der Waals surface area (Å²) in [6, 6.07) is 5.89. The second-order valence-corrected chi connectivity index (χ2v) is 6.00. The Labute approximate surface area is 128 Å². The van der Waals surface area contributed by atoms with E-state index in [-0.39, 0.29) is 17.3 Å². The van der Waals surface area contributed by atoms with E-state index in [1.807, 2.05) is 0 Å². The summed E-state index contributed by atoms with van der Waals surface area (Å²) in [5, 5.41) is 13.3. The average Bonchev–Trinajstić information content (AvgIpc) is 2.85. The Kier molecular flexibility index (Phi) is 4.54. The van der Waals surface area contributed by atoms with Gasteiger partial charge in [0.15, 0.2) is 0 Å². The van der Waals surface area contributed by atoms with E-state index in [0.29, 0.717) is 4.34 Å². The van der Waals surface area contributed by atoms with Crippen LogP contribution in [0.15, 0.2) is 30.3 Å². The van der Waals surface area contributed by atoms with Gasteiger partial charge in [-0.15, -0.1) is 11.3 Å². The van der Waals surface area contributed by atoms with E-state index in [1.54, 1.807) is 19.1 Å². The van der Waals surface area contributed by atoms with Crippen LogP contribution in [0, 0.1) is 15.9 Å². The standard InChI is InChI=1S/C13H10ClFN2O3S/c1-7(11-4-5-12(14)21-11)16-13(18)9-6-8(17(19)20)2-3-10(9)15/h2-7H,1H3,(H,16,18). The quantitative estimate of drug-likeness (QED) is 0.682. The summed E-state index contributed by atoms with van der Waals surface area (Å²) >= 11 is 7.10. The molecule has 0 aliphatic carbocycles. The Balaban J connectivity index is 2.20. The molecular weight excluding hydrogens is 319 g/mol. The lowest BCUT2D eigenvalue weighted by atomic mass is 10.1. The van der Waals surface area contributed by atoms with Gasteiger partial charge in [-0.3, -0.25) is 14.9 Å². The van der Waals surface area contributed by atoms with Gasteiger partial charge >= 0.3 is 0 Å². The highest BCUT2D eigenvalue weighted by atomic mass is 35.5. The fourth-order valence-corrected chi connectivity index (χ4v) is 2.77. The minimum atomic E-state index is -0.811. The van der Waals surface area contributed by atoms with Crippen LogP contribution in [-0.2, 0) is 0 Å². The zero-order valence-electron chi connectivity index (χ0n) is 10.8. The fraction of sp³-hybridized carbons (Fsp3) is 0.154. The molecule has 1 aromatic carbocycles. The van der Waals surface area contributed by atoms with E-state index in [4.69, 9.17) is 11.6 Å². The molecule has 2 aromatic rings. The highest BCUT2D eigenvalue weighted by Gasteiger charge is 2.19. The van der Waals surface area contributed by atoms with Crippen molar-refractivity contribution in [1.82, 2.24) is 5.32 Å². The molecule has 1 heterocycles. The Hall–Kier alpha value is -1.99. The van der Waals surface area contributed by atoms with Crippen LogP contribution in [0.2, 0.25) is 4.34 Å². The maximum absolute atomic E-state index is 13.6. The second-order valence-electron chi connectivity index (χ2n) is 4.26. The molecule has 0 aliphatic rings. The lowest BCUT2D eigenvalue weighted by Crippen LogP contribution is -2.27. The SMILES string of the molecule is CC(NC(=O)c1cc([N+](=O)[O-])ccc1F)c1ccc(Cl)s1. The summed E-state index contributed by atoms with van der Waals surface area (Å²) in [6.45, 7) is 1.72. The lowest BCUT2D eigenvalue weighted by molar-refractivity contribution is -0.384. The van der Waals surface area contributed by atoms with Crippen LogP contribution < -0.4 is 5.32 Å². The summed E-state index contributed by atoms with van der Waals surface area (Å²) in [4.78, 5) is 22.8. The summed E-state index contributed by atoms with van der Waals surface area (Å²) < 4.78 is 14.2. The number of halogens is 2. The molecule has 1 aromatic heterocycles. The van der Waals surface area contributed by atoms with Crippen LogP contribution in [0.25, 0.3) is 0 Å². The van der Waals surface area contributed by atoms with Crippen molar-refractivity contribution in [2.24, 2.45) is 0 Å². The maximum atomic E-state index is 13.6. The largest absolute Gasteiger partial charge is 0.345 e. The third kappa shape index (κ3) is 3.56. The topological polar surface area (TPSA) is 72.2 Å². The Morgan fingerprint density at radius 2 is 2.14 bits per heavy atom. The monoisotopic (exact) mass is 328 g/mol. The molecule has 2 rings (SSSR count). The minimum Gasteiger partial charge on any atom is -0.345 e. The third-order valence-electron chi connectivity index (χ3n) is 2.77. The molecule has 110 valence electrons. The summed E-state index contributed by atoms with van der Waals surface area (Å²) in [5.74, 6) is -1.53. The molecule has 0 bridgehead atoms. The van der Waals surface area contributed by atoms with Crippen LogP contribution >= 0.6 is 22.9 Å². The van der Waals surface area contributed by atoms with Crippen molar-refractivity contribution in [1.29, 1.82) is 0 Å². The maximum Gasteiger partial charge on any atom is 0.270 e. The number of nitro groups is 1. The highest BCUT2D eigenvalue weighted by Crippen LogP contribution is 2.27. The van der Waals surface area contributed by atoms with E-state index in [9.17, 15) is 19.3 Å². The van der Waals surface area contributed by atoms with Crippen molar-refractivity contribution in [3.8, 4) is 0 Å². The first-order valence-corrected chi connectivity index (χ1v) is 7.08. The Morgan fingerprint density at radius 1 is 1.43 bits per heavy atom. The molecule has 0 spiro atoms. The molecule has 0 radical (unpaired) electrons. The van der Waals surface area contributed by atoms with Gasteiger partial charge in [0.05, 0.1) is 20.9 Å².